The Morgan fingerprint density at radius 2 is 1.94 bits per heavy atom. The molecule has 0 spiro atoms. The molecule has 1 N–H and O–H groups in total. The summed E-state index contributed by atoms with van der Waals surface area (Å²) >= 11 is 0. The van der Waals surface area contributed by atoms with Gasteiger partial charge in [-0.25, -0.2) is 0 Å². The molecule has 1 saturated carbocycles. The van der Waals surface area contributed by atoms with Crippen LogP contribution in [-0.2, 0) is 11.2 Å². The number of hydrogen-bond acceptors (Lipinski definition) is 3. The van der Waals surface area contributed by atoms with Gasteiger partial charge in [-0.1, -0.05) is 6.07 Å². The van der Waals surface area contributed by atoms with Crippen LogP contribution in [0.3, 0.4) is 0 Å². The van der Waals surface area contributed by atoms with Crippen molar-refractivity contribution in [2.24, 2.45) is 5.41 Å². The number of ether oxygens (including phenoxy) is 2. The number of hydrogen-bond donors (Lipinski definition) is 1. The van der Waals surface area contributed by atoms with Gasteiger partial charge in [0.2, 0.25) is 0 Å². The summed E-state index contributed by atoms with van der Waals surface area (Å²) < 4.78 is 10.9. The third-order valence-corrected chi connectivity index (χ3v) is 3.46. The SMILES string of the molecule is O=C(O)C1(Cc2ccc3c(c2)OCCO3)CC1. The Labute approximate surface area is 99.2 Å². The van der Waals surface area contributed by atoms with Crippen molar-refractivity contribution in [1.82, 2.24) is 0 Å². The van der Waals surface area contributed by atoms with Crippen LogP contribution >= 0.6 is 0 Å². The summed E-state index contributed by atoms with van der Waals surface area (Å²) in [5.74, 6) is 0.794. The summed E-state index contributed by atoms with van der Waals surface area (Å²) in [7, 11) is 0. The van der Waals surface area contributed by atoms with Gasteiger partial charge in [-0.2, -0.15) is 0 Å². The summed E-state index contributed by atoms with van der Waals surface area (Å²) in [5, 5.41) is 9.15. The summed E-state index contributed by atoms with van der Waals surface area (Å²) in [5.41, 5.74) is 0.484. The van der Waals surface area contributed by atoms with Gasteiger partial charge in [0.05, 0.1) is 5.41 Å². The zero-order valence-corrected chi connectivity index (χ0v) is 9.44. The Morgan fingerprint density at radius 3 is 2.59 bits per heavy atom. The molecule has 1 aliphatic carbocycles. The molecular weight excluding hydrogens is 220 g/mol. The highest BCUT2D eigenvalue weighted by Crippen LogP contribution is 2.49. The first kappa shape index (κ1) is 10.4. The number of fused-ring (bicyclic) bond motifs is 1. The van der Waals surface area contributed by atoms with Gasteiger partial charge in [-0.3, -0.25) is 4.79 Å². The minimum atomic E-state index is -0.688. The van der Waals surface area contributed by atoms with Crippen LogP contribution < -0.4 is 9.47 Å². The molecule has 0 radical (unpaired) electrons. The lowest BCUT2D eigenvalue weighted by molar-refractivity contribution is -0.143. The van der Waals surface area contributed by atoms with Crippen LogP contribution in [0.5, 0.6) is 11.5 Å². The molecule has 1 aromatic carbocycles. The number of rotatable bonds is 3. The van der Waals surface area contributed by atoms with E-state index in [0.29, 0.717) is 19.6 Å². The van der Waals surface area contributed by atoms with Gasteiger partial charge in [0, 0.05) is 0 Å². The molecule has 1 heterocycles. The van der Waals surface area contributed by atoms with Crippen LogP contribution in [0.25, 0.3) is 0 Å². The average Bonchev–Trinajstić information content (AvgIpc) is 3.10. The predicted molar refractivity (Wildman–Crippen MR) is 60.4 cm³/mol. The van der Waals surface area contributed by atoms with E-state index in [1.165, 1.54) is 0 Å². The van der Waals surface area contributed by atoms with Crippen molar-refractivity contribution in [2.45, 2.75) is 19.3 Å². The van der Waals surface area contributed by atoms with Crippen molar-refractivity contribution in [2.75, 3.05) is 13.2 Å². The third kappa shape index (κ3) is 1.84. The quantitative estimate of drug-likeness (QED) is 0.867. The predicted octanol–water partition coefficient (Wildman–Crippen LogP) is 1.87. The van der Waals surface area contributed by atoms with Crippen molar-refractivity contribution in [3.63, 3.8) is 0 Å². The average molecular weight is 234 g/mol. The molecule has 0 aromatic heterocycles. The molecule has 0 bridgehead atoms. The molecule has 90 valence electrons. The molecule has 0 saturated heterocycles. The molecule has 1 aromatic rings. The molecule has 0 atom stereocenters. The second-order valence-corrected chi connectivity index (χ2v) is 4.74. The number of carboxylic acids is 1. The topological polar surface area (TPSA) is 55.8 Å². The van der Waals surface area contributed by atoms with E-state index < -0.39 is 11.4 Å². The zero-order chi connectivity index (χ0) is 11.9. The Hall–Kier alpha value is -1.71. The molecule has 2 aliphatic rings. The highest BCUT2D eigenvalue weighted by atomic mass is 16.6. The fourth-order valence-corrected chi connectivity index (χ4v) is 2.21. The lowest BCUT2D eigenvalue weighted by Crippen LogP contribution is -2.18. The van der Waals surface area contributed by atoms with Crippen LogP contribution in [0.4, 0.5) is 0 Å². The van der Waals surface area contributed by atoms with E-state index in [4.69, 9.17) is 14.6 Å². The molecule has 4 heteroatoms. The minimum absolute atomic E-state index is 0.524. The van der Waals surface area contributed by atoms with E-state index in [-0.39, 0.29) is 0 Å². The first-order valence-corrected chi connectivity index (χ1v) is 5.82. The molecular formula is C13H14O4. The maximum Gasteiger partial charge on any atom is 0.309 e. The fraction of sp³-hybridized carbons (Fsp3) is 0.462. The first-order valence-electron chi connectivity index (χ1n) is 5.82. The number of carboxylic acid groups (broad SMARTS) is 1. The van der Waals surface area contributed by atoms with Crippen LogP contribution in [0.1, 0.15) is 18.4 Å². The van der Waals surface area contributed by atoms with Crippen molar-refractivity contribution < 1.29 is 19.4 Å². The molecule has 3 rings (SSSR count). The van der Waals surface area contributed by atoms with Crippen molar-refractivity contribution in [1.29, 1.82) is 0 Å². The van der Waals surface area contributed by atoms with Gasteiger partial charge in [0.25, 0.3) is 0 Å². The van der Waals surface area contributed by atoms with E-state index in [0.717, 1.165) is 29.9 Å². The van der Waals surface area contributed by atoms with E-state index in [1.54, 1.807) is 0 Å². The highest BCUT2D eigenvalue weighted by Gasteiger charge is 2.50. The van der Waals surface area contributed by atoms with Gasteiger partial charge >= 0.3 is 5.97 Å². The molecule has 17 heavy (non-hydrogen) atoms. The monoisotopic (exact) mass is 234 g/mol. The Balaban J connectivity index is 1.82. The second kappa shape index (κ2) is 3.65. The number of benzene rings is 1. The largest absolute Gasteiger partial charge is 0.486 e. The molecule has 0 unspecified atom stereocenters. The van der Waals surface area contributed by atoms with Crippen molar-refractivity contribution >= 4 is 5.97 Å². The zero-order valence-electron chi connectivity index (χ0n) is 9.44. The van der Waals surface area contributed by atoms with Crippen LogP contribution in [0.2, 0.25) is 0 Å². The van der Waals surface area contributed by atoms with Crippen LogP contribution in [-0.4, -0.2) is 24.3 Å². The minimum Gasteiger partial charge on any atom is -0.486 e. The Morgan fingerprint density at radius 1 is 1.24 bits per heavy atom. The van der Waals surface area contributed by atoms with Gasteiger partial charge < -0.3 is 14.6 Å². The Kier molecular flexibility index (Phi) is 2.24. The third-order valence-electron chi connectivity index (χ3n) is 3.46. The van der Waals surface area contributed by atoms with E-state index >= 15 is 0 Å². The normalized spacial score (nSPS) is 19.8. The summed E-state index contributed by atoms with van der Waals surface area (Å²) in [4.78, 5) is 11.1. The van der Waals surface area contributed by atoms with E-state index in [9.17, 15) is 4.79 Å². The first-order chi connectivity index (χ1) is 8.20. The molecule has 1 aliphatic heterocycles. The van der Waals surface area contributed by atoms with Crippen molar-refractivity contribution in [3.8, 4) is 11.5 Å². The summed E-state index contributed by atoms with van der Waals surface area (Å²) in [6.45, 7) is 1.13. The maximum atomic E-state index is 11.1. The fourth-order valence-electron chi connectivity index (χ4n) is 2.21. The molecule has 0 amide bonds. The van der Waals surface area contributed by atoms with Gasteiger partial charge in [0.1, 0.15) is 13.2 Å². The lowest BCUT2D eigenvalue weighted by atomic mass is 9.96. The van der Waals surface area contributed by atoms with Crippen LogP contribution in [0, 0.1) is 5.41 Å². The standard InChI is InChI=1S/C13H14O4/c14-12(15)13(3-4-13)8-9-1-2-10-11(7-9)17-6-5-16-10/h1-2,7H,3-6,8H2,(H,14,15). The van der Waals surface area contributed by atoms with E-state index in [1.807, 2.05) is 18.2 Å². The summed E-state index contributed by atoms with van der Waals surface area (Å²) in [6, 6.07) is 5.69. The maximum absolute atomic E-state index is 11.1. The molecule has 1 fully saturated rings. The van der Waals surface area contributed by atoms with Gasteiger partial charge in [-0.05, 0) is 37.0 Å². The lowest BCUT2D eigenvalue weighted by Gasteiger charge is -2.19. The molecule has 4 nitrogen and oxygen atoms in total. The number of carbonyl (C=O) groups is 1. The highest BCUT2D eigenvalue weighted by molar-refractivity contribution is 5.78. The van der Waals surface area contributed by atoms with Gasteiger partial charge in [0.15, 0.2) is 11.5 Å². The van der Waals surface area contributed by atoms with Crippen LogP contribution in [0.15, 0.2) is 18.2 Å². The van der Waals surface area contributed by atoms with Crippen molar-refractivity contribution in [3.05, 3.63) is 23.8 Å². The summed E-state index contributed by atoms with van der Waals surface area (Å²) in [6.07, 6.45) is 2.13. The number of aliphatic carboxylic acids is 1. The Bertz CT molecular complexity index is 462. The second-order valence-electron chi connectivity index (χ2n) is 4.74. The van der Waals surface area contributed by atoms with Gasteiger partial charge in [-0.15, -0.1) is 0 Å². The smallest absolute Gasteiger partial charge is 0.309 e. The van der Waals surface area contributed by atoms with E-state index in [2.05, 4.69) is 0 Å².